The van der Waals surface area contributed by atoms with E-state index in [0.29, 0.717) is 12.5 Å². The van der Waals surface area contributed by atoms with Crippen LogP contribution in [0.5, 0.6) is 0 Å². The molecule has 3 nitrogen and oxygen atoms in total. The minimum atomic E-state index is -2.94. The summed E-state index contributed by atoms with van der Waals surface area (Å²) < 4.78 is 23.1. The molecule has 0 saturated carbocycles. The molecule has 1 aromatic rings. The van der Waals surface area contributed by atoms with Gasteiger partial charge in [0.1, 0.15) is 9.84 Å². The van der Waals surface area contributed by atoms with E-state index < -0.39 is 9.84 Å². The van der Waals surface area contributed by atoms with E-state index in [9.17, 15) is 8.42 Å². The van der Waals surface area contributed by atoms with Gasteiger partial charge in [0, 0.05) is 24.3 Å². The Kier molecular flexibility index (Phi) is 6.21. The van der Waals surface area contributed by atoms with Crippen molar-refractivity contribution in [1.29, 1.82) is 0 Å². The lowest BCUT2D eigenvalue weighted by molar-refractivity contribution is 0.355. The second-order valence-electron chi connectivity index (χ2n) is 5.92. The van der Waals surface area contributed by atoms with Crippen LogP contribution < -0.4 is 5.32 Å². The summed E-state index contributed by atoms with van der Waals surface area (Å²) in [5.74, 6) is 0.232. The molecule has 0 aliphatic rings. The summed E-state index contributed by atoms with van der Waals surface area (Å²) in [6.45, 7) is 7.17. The summed E-state index contributed by atoms with van der Waals surface area (Å²) in [4.78, 5) is 0. The van der Waals surface area contributed by atoms with Crippen molar-refractivity contribution in [3.8, 4) is 0 Å². The molecule has 0 fully saturated rings. The fourth-order valence-electron chi connectivity index (χ4n) is 2.41. The molecule has 0 saturated heterocycles. The van der Waals surface area contributed by atoms with Crippen molar-refractivity contribution in [2.45, 2.75) is 45.1 Å². The zero-order chi connectivity index (χ0) is 15.2. The van der Waals surface area contributed by atoms with Crippen molar-refractivity contribution in [3.05, 3.63) is 35.9 Å². The second-order valence-corrected chi connectivity index (χ2v) is 8.18. The predicted molar refractivity (Wildman–Crippen MR) is 85.9 cm³/mol. The first kappa shape index (κ1) is 17.2. The van der Waals surface area contributed by atoms with Crippen LogP contribution in [0.1, 0.15) is 39.2 Å². The summed E-state index contributed by atoms with van der Waals surface area (Å²) in [7, 11) is -2.94. The summed E-state index contributed by atoms with van der Waals surface area (Å²) >= 11 is 0. The third kappa shape index (κ3) is 5.25. The van der Waals surface area contributed by atoms with Crippen LogP contribution >= 0.6 is 0 Å². The summed E-state index contributed by atoms with van der Waals surface area (Å²) in [6, 6.07) is 10.6. The van der Waals surface area contributed by atoms with Gasteiger partial charge in [-0.25, -0.2) is 8.42 Å². The molecule has 1 aromatic carbocycles. The van der Waals surface area contributed by atoms with E-state index in [4.69, 9.17) is 0 Å². The van der Waals surface area contributed by atoms with E-state index in [2.05, 4.69) is 38.2 Å². The largest absolute Gasteiger partial charge is 0.314 e. The molecule has 114 valence electrons. The van der Waals surface area contributed by atoms with Gasteiger partial charge in [0.05, 0.1) is 5.75 Å². The zero-order valence-corrected chi connectivity index (χ0v) is 13.8. The molecule has 0 aromatic heterocycles. The fourth-order valence-corrected chi connectivity index (χ4v) is 3.17. The van der Waals surface area contributed by atoms with Gasteiger partial charge in [0.2, 0.25) is 0 Å². The van der Waals surface area contributed by atoms with Crippen LogP contribution in [0.15, 0.2) is 30.3 Å². The van der Waals surface area contributed by atoms with Crippen molar-refractivity contribution in [2.75, 3.05) is 18.6 Å². The minimum Gasteiger partial charge on any atom is -0.314 e. The van der Waals surface area contributed by atoms with Crippen molar-refractivity contribution >= 4 is 9.84 Å². The topological polar surface area (TPSA) is 46.2 Å². The minimum absolute atomic E-state index is 0.116. The van der Waals surface area contributed by atoms with Crippen molar-refractivity contribution in [2.24, 2.45) is 0 Å². The molecule has 20 heavy (non-hydrogen) atoms. The van der Waals surface area contributed by atoms with Crippen LogP contribution in [0.4, 0.5) is 0 Å². The zero-order valence-electron chi connectivity index (χ0n) is 13.0. The SMILES string of the molecule is CCC(CCS(C)(=O)=O)(CNC(C)C)c1ccccc1. The van der Waals surface area contributed by atoms with Gasteiger partial charge in [0.25, 0.3) is 0 Å². The second kappa shape index (κ2) is 7.23. The molecule has 1 unspecified atom stereocenters. The fraction of sp³-hybridized carbons (Fsp3) is 0.625. The van der Waals surface area contributed by atoms with Crippen LogP contribution in [0, 0.1) is 0 Å². The number of sulfone groups is 1. The molecule has 1 N–H and O–H groups in total. The standard InChI is InChI=1S/C16H27NO2S/c1-5-16(13-17-14(2)3,11-12-20(4,18)19)15-9-7-6-8-10-15/h6-10,14,17H,5,11-13H2,1-4H3. The maximum absolute atomic E-state index is 11.5. The number of benzene rings is 1. The highest BCUT2D eigenvalue weighted by Gasteiger charge is 2.31. The normalized spacial score (nSPS) is 15.2. The molecule has 4 heteroatoms. The van der Waals surface area contributed by atoms with E-state index in [1.165, 1.54) is 11.8 Å². The highest BCUT2D eigenvalue weighted by atomic mass is 32.2. The highest BCUT2D eigenvalue weighted by molar-refractivity contribution is 7.90. The van der Waals surface area contributed by atoms with E-state index in [0.717, 1.165) is 13.0 Å². The van der Waals surface area contributed by atoms with Crippen LogP contribution in [-0.2, 0) is 15.3 Å². The van der Waals surface area contributed by atoms with Gasteiger partial charge < -0.3 is 5.32 Å². The van der Waals surface area contributed by atoms with Gasteiger partial charge in [0.15, 0.2) is 0 Å². The number of nitrogens with one attached hydrogen (secondary N) is 1. The Morgan fingerprint density at radius 3 is 2.25 bits per heavy atom. The Labute approximate surface area is 123 Å². The molecule has 1 atom stereocenters. The molecule has 0 aliphatic heterocycles. The molecule has 0 bridgehead atoms. The lowest BCUT2D eigenvalue weighted by Crippen LogP contribution is -2.41. The van der Waals surface area contributed by atoms with Gasteiger partial charge in [-0.3, -0.25) is 0 Å². The maximum Gasteiger partial charge on any atom is 0.147 e. The summed E-state index contributed by atoms with van der Waals surface area (Å²) in [6.07, 6.45) is 2.90. The third-order valence-corrected chi connectivity index (χ3v) is 4.81. The molecular formula is C16H27NO2S. The third-order valence-electron chi connectivity index (χ3n) is 3.86. The first-order valence-electron chi connectivity index (χ1n) is 7.26. The molecule has 0 heterocycles. The van der Waals surface area contributed by atoms with E-state index >= 15 is 0 Å². The Morgan fingerprint density at radius 1 is 1.20 bits per heavy atom. The Morgan fingerprint density at radius 2 is 1.80 bits per heavy atom. The lowest BCUT2D eigenvalue weighted by Gasteiger charge is -2.34. The van der Waals surface area contributed by atoms with Gasteiger partial charge in [-0.2, -0.15) is 0 Å². The Hall–Kier alpha value is -0.870. The van der Waals surface area contributed by atoms with Gasteiger partial charge in [-0.15, -0.1) is 0 Å². The number of hydrogen-bond acceptors (Lipinski definition) is 3. The molecule has 1 rings (SSSR count). The first-order valence-corrected chi connectivity index (χ1v) is 9.32. The Bertz CT molecular complexity index is 496. The average molecular weight is 297 g/mol. The van der Waals surface area contributed by atoms with Crippen LogP contribution in [0.25, 0.3) is 0 Å². The van der Waals surface area contributed by atoms with Crippen molar-refractivity contribution in [1.82, 2.24) is 5.32 Å². The molecule has 0 amide bonds. The van der Waals surface area contributed by atoms with E-state index in [1.807, 2.05) is 18.2 Å². The molecule has 0 aliphatic carbocycles. The highest BCUT2D eigenvalue weighted by Crippen LogP contribution is 2.31. The lowest BCUT2D eigenvalue weighted by atomic mass is 9.75. The average Bonchev–Trinajstić information content (AvgIpc) is 2.39. The van der Waals surface area contributed by atoms with Gasteiger partial charge >= 0.3 is 0 Å². The molecular weight excluding hydrogens is 270 g/mol. The molecule has 0 spiro atoms. The Balaban J connectivity index is 3.02. The summed E-state index contributed by atoms with van der Waals surface area (Å²) in [5, 5.41) is 3.48. The number of hydrogen-bond donors (Lipinski definition) is 1. The maximum atomic E-state index is 11.5. The van der Waals surface area contributed by atoms with Crippen LogP contribution in [-0.4, -0.2) is 33.0 Å². The van der Waals surface area contributed by atoms with E-state index in [1.54, 1.807) is 0 Å². The van der Waals surface area contributed by atoms with Gasteiger partial charge in [-0.05, 0) is 18.4 Å². The van der Waals surface area contributed by atoms with Gasteiger partial charge in [-0.1, -0.05) is 51.1 Å². The van der Waals surface area contributed by atoms with Crippen molar-refractivity contribution in [3.63, 3.8) is 0 Å². The first-order chi connectivity index (χ1) is 9.29. The predicted octanol–water partition coefficient (Wildman–Crippen LogP) is 2.77. The van der Waals surface area contributed by atoms with Crippen LogP contribution in [0.2, 0.25) is 0 Å². The van der Waals surface area contributed by atoms with Crippen molar-refractivity contribution < 1.29 is 8.42 Å². The summed E-state index contributed by atoms with van der Waals surface area (Å²) in [5.41, 5.74) is 1.11. The smallest absolute Gasteiger partial charge is 0.147 e. The molecule has 0 radical (unpaired) electrons. The van der Waals surface area contributed by atoms with E-state index in [-0.39, 0.29) is 11.2 Å². The monoisotopic (exact) mass is 297 g/mol. The number of rotatable bonds is 8. The van der Waals surface area contributed by atoms with Crippen LogP contribution in [0.3, 0.4) is 0 Å². The quantitative estimate of drug-likeness (QED) is 0.802.